The predicted molar refractivity (Wildman–Crippen MR) is 58.2 cm³/mol. The van der Waals surface area contributed by atoms with Crippen LogP contribution in [0.3, 0.4) is 0 Å². The molecule has 0 saturated carbocycles. The molecule has 2 heteroatoms. The third-order valence-electron chi connectivity index (χ3n) is 2.60. The van der Waals surface area contributed by atoms with Crippen molar-refractivity contribution in [2.75, 3.05) is 7.11 Å². The maximum Gasteiger partial charge on any atom is 0.118 e. The summed E-state index contributed by atoms with van der Waals surface area (Å²) in [5.41, 5.74) is 2.47. The van der Waals surface area contributed by atoms with E-state index in [2.05, 4.69) is 24.0 Å². The van der Waals surface area contributed by atoms with Crippen LogP contribution in [0.2, 0.25) is 0 Å². The lowest BCUT2D eigenvalue weighted by molar-refractivity contribution is 0.415. The summed E-state index contributed by atoms with van der Waals surface area (Å²) in [6.45, 7) is 2.16. The smallest absolute Gasteiger partial charge is 0.118 e. The Bertz CT molecular complexity index is 340. The van der Waals surface area contributed by atoms with Crippen LogP contribution in [0.1, 0.15) is 25.3 Å². The van der Waals surface area contributed by atoms with Gasteiger partial charge in [-0.05, 0) is 49.6 Å². The van der Waals surface area contributed by atoms with Gasteiger partial charge in [0.25, 0.3) is 0 Å². The van der Waals surface area contributed by atoms with E-state index in [9.17, 15) is 0 Å². The first kappa shape index (κ1) is 9.25. The molecule has 2 rings (SSSR count). The van der Waals surface area contributed by atoms with Gasteiger partial charge in [0.2, 0.25) is 0 Å². The molecule has 1 aromatic carbocycles. The molecule has 0 aromatic heterocycles. The molecule has 0 amide bonds. The zero-order valence-electron chi connectivity index (χ0n) is 8.66. The average Bonchev–Trinajstić information content (AvgIpc) is 2.65. The Morgan fingerprint density at radius 2 is 2.00 bits per heavy atom. The van der Waals surface area contributed by atoms with Gasteiger partial charge in [-0.15, -0.1) is 0 Å². The minimum absolute atomic E-state index is 0.493. The van der Waals surface area contributed by atoms with E-state index in [4.69, 9.17) is 4.74 Å². The van der Waals surface area contributed by atoms with E-state index in [0.717, 1.165) is 12.2 Å². The highest BCUT2D eigenvalue weighted by Crippen LogP contribution is 2.20. The zero-order valence-corrected chi connectivity index (χ0v) is 8.66. The minimum atomic E-state index is 0.493. The average molecular weight is 189 g/mol. The second kappa shape index (κ2) is 3.82. The van der Waals surface area contributed by atoms with Crippen molar-refractivity contribution in [2.45, 2.75) is 25.8 Å². The first-order valence-electron chi connectivity index (χ1n) is 5.00. The van der Waals surface area contributed by atoms with Gasteiger partial charge >= 0.3 is 0 Å². The van der Waals surface area contributed by atoms with Crippen LogP contribution in [0.5, 0.6) is 5.75 Å². The molecule has 1 atom stereocenters. The lowest BCUT2D eigenvalue weighted by Gasteiger charge is -2.02. The summed E-state index contributed by atoms with van der Waals surface area (Å²) in [6.07, 6.45) is 2.29. The highest BCUT2D eigenvalue weighted by Gasteiger charge is 2.14. The molecule has 0 bridgehead atoms. The Balaban J connectivity index is 2.21. The van der Waals surface area contributed by atoms with Crippen molar-refractivity contribution in [3.8, 4) is 5.75 Å². The van der Waals surface area contributed by atoms with Crippen LogP contribution in [0, 0.1) is 0 Å². The molecule has 74 valence electrons. The molecule has 1 aliphatic rings. The molecule has 1 unspecified atom stereocenters. The number of nitrogens with zero attached hydrogens (tertiary/aromatic N) is 1. The molecule has 0 radical (unpaired) electrons. The Hall–Kier alpha value is -1.31. The van der Waals surface area contributed by atoms with E-state index in [1.807, 2.05) is 12.1 Å². The van der Waals surface area contributed by atoms with E-state index < -0.39 is 0 Å². The first-order valence-corrected chi connectivity index (χ1v) is 5.00. The van der Waals surface area contributed by atoms with Crippen LogP contribution < -0.4 is 4.74 Å². The fourth-order valence-corrected chi connectivity index (χ4v) is 1.74. The highest BCUT2D eigenvalue weighted by atomic mass is 16.5. The summed E-state index contributed by atoms with van der Waals surface area (Å²) in [5.74, 6) is 0.903. The lowest BCUT2D eigenvalue weighted by atomic mass is 10.1. The van der Waals surface area contributed by atoms with Crippen molar-refractivity contribution in [3.63, 3.8) is 0 Å². The van der Waals surface area contributed by atoms with Gasteiger partial charge in [0, 0.05) is 11.8 Å². The number of methoxy groups -OCH3 is 1. The van der Waals surface area contributed by atoms with E-state index in [1.54, 1.807) is 7.11 Å². The monoisotopic (exact) mass is 189 g/mol. The molecule has 1 aliphatic heterocycles. The maximum atomic E-state index is 5.11. The number of benzene rings is 1. The molecule has 0 fully saturated rings. The molecule has 1 heterocycles. The van der Waals surface area contributed by atoms with Crippen LogP contribution in [0.15, 0.2) is 29.3 Å². The van der Waals surface area contributed by atoms with E-state index in [1.165, 1.54) is 17.7 Å². The topological polar surface area (TPSA) is 21.6 Å². The van der Waals surface area contributed by atoms with Crippen molar-refractivity contribution < 1.29 is 4.74 Å². The molecule has 0 spiro atoms. The van der Waals surface area contributed by atoms with Crippen molar-refractivity contribution in [1.29, 1.82) is 0 Å². The molecule has 0 N–H and O–H groups in total. The van der Waals surface area contributed by atoms with Gasteiger partial charge in [0.15, 0.2) is 0 Å². The molecule has 0 aliphatic carbocycles. The van der Waals surface area contributed by atoms with Crippen LogP contribution in [-0.4, -0.2) is 18.9 Å². The SMILES string of the molecule is COc1ccc(C2=NC(C)CC2)cc1. The number of hydrogen-bond acceptors (Lipinski definition) is 2. The van der Waals surface area contributed by atoms with Gasteiger partial charge in [-0.25, -0.2) is 0 Å². The Morgan fingerprint density at radius 1 is 1.29 bits per heavy atom. The number of ether oxygens (including phenoxy) is 1. The van der Waals surface area contributed by atoms with Gasteiger partial charge in [0.05, 0.1) is 7.11 Å². The predicted octanol–water partition coefficient (Wildman–Crippen LogP) is 2.67. The first-order chi connectivity index (χ1) is 6.79. The van der Waals surface area contributed by atoms with E-state index in [0.29, 0.717) is 6.04 Å². The second-order valence-corrected chi connectivity index (χ2v) is 3.69. The quantitative estimate of drug-likeness (QED) is 0.701. The highest BCUT2D eigenvalue weighted by molar-refractivity contribution is 6.01. The third-order valence-corrected chi connectivity index (χ3v) is 2.60. The summed E-state index contributed by atoms with van der Waals surface area (Å²) in [4.78, 5) is 4.59. The lowest BCUT2D eigenvalue weighted by Crippen LogP contribution is -1.95. The van der Waals surface area contributed by atoms with Crippen molar-refractivity contribution in [1.82, 2.24) is 0 Å². The van der Waals surface area contributed by atoms with Gasteiger partial charge in [-0.1, -0.05) is 0 Å². The van der Waals surface area contributed by atoms with Crippen molar-refractivity contribution in [3.05, 3.63) is 29.8 Å². The summed E-state index contributed by atoms with van der Waals surface area (Å²) < 4.78 is 5.11. The summed E-state index contributed by atoms with van der Waals surface area (Å²) in [7, 11) is 1.68. The zero-order chi connectivity index (χ0) is 9.97. The van der Waals surface area contributed by atoms with Crippen molar-refractivity contribution in [2.24, 2.45) is 4.99 Å². The number of aliphatic imine (C=N–C) groups is 1. The van der Waals surface area contributed by atoms with Gasteiger partial charge in [-0.3, -0.25) is 4.99 Å². The molecule has 0 saturated heterocycles. The summed E-state index contributed by atoms with van der Waals surface area (Å²) in [6, 6.07) is 8.62. The number of hydrogen-bond donors (Lipinski definition) is 0. The molecule has 2 nitrogen and oxygen atoms in total. The third kappa shape index (κ3) is 1.79. The van der Waals surface area contributed by atoms with E-state index >= 15 is 0 Å². The Labute approximate surface area is 84.6 Å². The fraction of sp³-hybridized carbons (Fsp3) is 0.417. The fourth-order valence-electron chi connectivity index (χ4n) is 1.74. The van der Waals surface area contributed by atoms with Crippen LogP contribution in [0.25, 0.3) is 0 Å². The minimum Gasteiger partial charge on any atom is -0.497 e. The molecule has 14 heavy (non-hydrogen) atoms. The van der Waals surface area contributed by atoms with Gasteiger partial charge in [-0.2, -0.15) is 0 Å². The van der Waals surface area contributed by atoms with Gasteiger partial charge in [0.1, 0.15) is 5.75 Å². The van der Waals surface area contributed by atoms with Gasteiger partial charge < -0.3 is 4.74 Å². The summed E-state index contributed by atoms with van der Waals surface area (Å²) in [5, 5.41) is 0. The van der Waals surface area contributed by atoms with Crippen LogP contribution >= 0.6 is 0 Å². The standard InChI is InChI=1S/C12H15NO/c1-9-3-8-12(13-9)10-4-6-11(14-2)7-5-10/h4-7,9H,3,8H2,1-2H3. The Kier molecular flexibility index (Phi) is 2.53. The van der Waals surface area contributed by atoms with Crippen LogP contribution in [0.4, 0.5) is 0 Å². The largest absolute Gasteiger partial charge is 0.497 e. The van der Waals surface area contributed by atoms with E-state index in [-0.39, 0.29) is 0 Å². The molecular weight excluding hydrogens is 174 g/mol. The molecular formula is C12H15NO. The second-order valence-electron chi connectivity index (χ2n) is 3.69. The van der Waals surface area contributed by atoms with Crippen molar-refractivity contribution >= 4 is 5.71 Å². The maximum absolute atomic E-state index is 5.11. The Morgan fingerprint density at radius 3 is 2.50 bits per heavy atom. The summed E-state index contributed by atoms with van der Waals surface area (Å²) >= 11 is 0. The number of rotatable bonds is 2. The molecule has 1 aromatic rings. The normalized spacial score (nSPS) is 20.7. The van der Waals surface area contributed by atoms with Crippen LogP contribution in [-0.2, 0) is 0 Å².